The minimum Gasteiger partial charge on any atom is -0.486 e. The number of rotatable bonds is 8. The number of aromatic nitrogens is 4. The Hall–Kier alpha value is -5.09. The molecule has 0 amide bonds. The van der Waals surface area contributed by atoms with Gasteiger partial charge in [0.1, 0.15) is 5.69 Å². The summed E-state index contributed by atoms with van der Waals surface area (Å²) in [6.45, 7) is 13.3. The van der Waals surface area contributed by atoms with Gasteiger partial charge in [-0.2, -0.15) is 13.2 Å². The SMILES string of the molecule is CC(C)Cc1cc(-c2[c-]cccc2)nc[c]1[Ge]([CH3])([CH3])[CH3].CC(C)c1cc2ccccc2c(C(C)C)c1-n1c(-c2[c-]ccc3c2oc2nc(C(F)(F)F)ccc23)nc2ccccc21.[Ir]. The number of hydrogen-bond acceptors (Lipinski definition) is 4. The zero-order valence-electron chi connectivity index (χ0n) is 37.1. The van der Waals surface area contributed by atoms with Crippen molar-refractivity contribution in [3.05, 3.63) is 150 Å². The second-order valence-electron chi connectivity index (χ2n) is 18.1. The van der Waals surface area contributed by atoms with Crippen molar-refractivity contribution in [1.82, 2.24) is 19.5 Å². The Bertz CT molecular complexity index is 3070. The van der Waals surface area contributed by atoms with Crippen molar-refractivity contribution in [3.63, 3.8) is 0 Å². The van der Waals surface area contributed by atoms with E-state index in [-0.39, 0.29) is 37.7 Å². The molecule has 0 N–H and O–H groups in total. The summed E-state index contributed by atoms with van der Waals surface area (Å²) in [6.07, 6.45) is -1.30. The van der Waals surface area contributed by atoms with Gasteiger partial charge in [-0.25, -0.2) is 4.98 Å². The van der Waals surface area contributed by atoms with E-state index in [9.17, 15) is 13.2 Å². The van der Waals surface area contributed by atoms with Crippen molar-refractivity contribution in [2.75, 3.05) is 0 Å². The summed E-state index contributed by atoms with van der Waals surface area (Å²) in [5.41, 5.74) is 8.69. The van der Waals surface area contributed by atoms with Crippen LogP contribution in [0.5, 0.6) is 0 Å². The van der Waals surface area contributed by atoms with Crippen molar-refractivity contribution in [2.24, 2.45) is 5.92 Å². The Labute approximate surface area is 383 Å². The number of imidazole rings is 1. The maximum Gasteiger partial charge on any atom is 0.433 e. The van der Waals surface area contributed by atoms with Crippen molar-refractivity contribution in [2.45, 2.75) is 83.2 Å². The largest absolute Gasteiger partial charge is 0.486 e. The first-order valence-corrected chi connectivity index (χ1v) is 28.7. The van der Waals surface area contributed by atoms with E-state index in [1.54, 1.807) is 16.5 Å². The second-order valence-corrected chi connectivity index (χ2v) is 28.7. The fourth-order valence-electron chi connectivity index (χ4n) is 8.51. The van der Waals surface area contributed by atoms with Crippen LogP contribution in [0.15, 0.2) is 120 Å². The van der Waals surface area contributed by atoms with Gasteiger partial charge in [0.2, 0.25) is 5.71 Å². The molecule has 0 aliphatic rings. The molecule has 5 aromatic carbocycles. The van der Waals surface area contributed by atoms with Crippen LogP contribution in [-0.2, 0) is 32.7 Å². The van der Waals surface area contributed by atoms with Crippen molar-refractivity contribution in [3.8, 4) is 28.3 Å². The molecule has 9 aromatic rings. The third-order valence-corrected chi connectivity index (χ3v) is 15.6. The quantitative estimate of drug-likeness (QED) is 0.112. The van der Waals surface area contributed by atoms with Crippen molar-refractivity contribution < 1.29 is 37.7 Å². The molecule has 0 aliphatic heterocycles. The average molecular weight is 1080 g/mol. The summed E-state index contributed by atoms with van der Waals surface area (Å²) in [5.74, 6) is 8.99. The van der Waals surface area contributed by atoms with Crippen LogP contribution in [0.4, 0.5) is 13.2 Å². The predicted molar refractivity (Wildman–Crippen MR) is 251 cm³/mol. The topological polar surface area (TPSA) is 56.7 Å². The van der Waals surface area contributed by atoms with Gasteiger partial charge in [-0.1, -0.05) is 75.0 Å². The van der Waals surface area contributed by atoms with E-state index in [2.05, 4.69) is 129 Å². The van der Waals surface area contributed by atoms with E-state index >= 15 is 0 Å². The number of para-hydroxylation sites is 2. The third kappa shape index (κ3) is 9.16. The molecule has 0 unspecified atom stereocenters. The molecule has 9 rings (SSSR count). The molecule has 1 radical (unpaired) electrons. The number of halogens is 3. The molecule has 4 aromatic heterocycles. The molecule has 0 aliphatic carbocycles. The van der Waals surface area contributed by atoms with E-state index in [0.717, 1.165) is 40.5 Å². The normalized spacial score (nSPS) is 12.2. The number of furan rings is 1. The third-order valence-electron chi connectivity index (χ3n) is 11.3. The number of alkyl halides is 3. The van der Waals surface area contributed by atoms with Gasteiger partial charge in [-0.05, 0) is 64.1 Å². The molecule has 0 fully saturated rings. The monoisotopic (exact) mass is 1080 g/mol. The molecular weight excluding hydrogens is 1030 g/mol. The van der Waals surface area contributed by atoms with Crippen LogP contribution in [0.2, 0.25) is 17.3 Å². The Kier molecular flexibility index (Phi) is 13.3. The molecule has 0 saturated heterocycles. The Balaban J connectivity index is 0.000000239. The summed E-state index contributed by atoms with van der Waals surface area (Å²) >= 11 is -1.86. The van der Waals surface area contributed by atoms with Gasteiger partial charge in [-0.15, -0.1) is 18.2 Å². The van der Waals surface area contributed by atoms with E-state index in [1.807, 2.05) is 42.5 Å². The van der Waals surface area contributed by atoms with Crippen LogP contribution < -0.4 is 4.40 Å². The van der Waals surface area contributed by atoms with Gasteiger partial charge in [0.05, 0.1) is 22.4 Å². The molecule has 0 bridgehead atoms. The first-order chi connectivity index (χ1) is 29.5. The van der Waals surface area contributed by atoms with Crippen LogP contribution in [0, 0.1) is 18.1 Å². The molecule has 63 heavy (non-hydrogen) atoms. The molecule has 0 atom stereocenters. The molecule has 0 saturated carbocycles. The molecular formula is C53H51F3GeIrN4O-2. The van der Waals surface area contributed by atoms with Crippen LogP contribution >= 0.6 is 0 Å². The number of fused-ring (bicyclic) bond motifs is 5. The summed E-state index contributed by atoms with van der Waals surface area (Å²) in [7, 11) is 0. The van der Waals surface area contributed by atoms with Crippen LogP contribution in [0.25, 0.3) is 72.2 Å². The average Bonchev–Trinajstić information content (AvgIpc) is 3.81. The smallest absolute Gasteiger partial charge is 0.433 e. The van der Waals surface area contributed by atoms with Gasteiger partial charge in [0.25, 0.3) is 0 Å². The summed E-state index contributed by atoms with van der Waals surface area (Å²) in [5, 5.41) is 3.51. The number of benzene rings is 5. The fraction of sp³-hybridized carbons (Fsp3) is 0.264. The molecule has 5 nitrogen and oxygen atoms in total. The Morgan fingerprint density at radius 2 is 1.48 bits per heavy atom. The van der Waals surface area contributed by atoms with Gasteiger partial charge in [0, 0.05) is 31.2 Å². The van der Waals surface area contributed by atoms with E-state index in [1.165, 1.54) is 33.5 Å². The van der Waals surface area contributed by atoms with Gasteiger partial charge in [-0.3, -0.25) is 4.98 Å². The standard InChI is InChI=1S/C35H27F3N3O.C18H24GeN.Ir/c1-19(2)26-18-21-10-5-6-11-22(21)30(20(3)4)31(26)41-28-15-8-7-14-27(28)39-33(41)25-13-9-12-23-24-16-17-29(35(36,37)38)40-34(24)42-32(23)25;1-14(2)11-16-12-18(15-9-7-6-8-10-15)20-13-17(16)19(3,4)5;/h5-12,14-20H,1-4H3;6-9,12-14H,11H2,1-5H3;/q2*-1;. The zero-order chi connectivity index (χ0) is 44.1. The van der Waals surface area contributed by atoms with Crippen molar-refractivity contribution >= 4 is 61.5 Å². The van der Waals surface area contributed by atoms with E-state index < -0.39 is 25.1 Å². The Morgan fingerprint density at radius 3 is 2.16 bits per heavy atom. The van der Waals surface area contributed by atoms with Crippen LogP contribution in [0.1, 0.15) is 75.8 Å². The fourth-order valence-corrected chi connectivity index (χ4v) is 11.8. The number of hydrogen-bond donors (Lipinski definition) is 0. The van der Waals surface area contributed by atoms with Gasteiger partial charge < -0.3 is 8.98 Å². The molecule has 4 heterocycles. The summed E-state index contributed by atoms with van der Waals surface area (Å²) in [6, 6.07) is 41.6. The molecule has 325 valence electrons. The molecule has 0 spiro atoms. The number of nitrogens with zero attached hydrogens (tertiary/aromatic N) is 4. The second kappa shape index (κ2) is 18.2. The minimum atomic E-state index is -4.58. The van der Waals surface area contributed by atoms with Crippen molar-refractivity contribution in [1.29, 1.82) is 0 Å². The number of pyridine rings is 2. The Morgan fingerprint density at radius 1 is 0.746 bits per heavy atom. The first kappa shape index (κ1) is 45.9. The maximum atomic E-state index is 13.5. The molecule has 10 heteroatoms. The van der Waals surface area contributed by atoms with E-state index in [0.29, 0.717) is 33.7 Å². The van der Waals surface area contributed by atoms with Gasteiger partial charge >= 0.3 is 132 Å². The van der Waals surface area contributed by atoms with Crippen LogP contribution in [0.3, 0.4) is 0 Å². The minimum absolute atomic E-state index is 0. The predicted octanol–water partition coefficient (Wildman–Crippen LogP) is 14.5. The van der Waals surface area contributed by atoms with Gasteiger partial charge in [0.15, 0.2) is 0 Å². The van der Waals surface area contributed by atoms with Crippen LogP contribution in [-0.4, -0.2) is 32.8 Å². The first-order valence-electron chi connectivity index (χ1n) is 21.3. The maximum absolute atomic E-state index is 13.5. The zero-order valence-corrected chi connectivity index (χ0v) is 41.6. The summed E-state index contributed by atoms with van der Waals surface area (Å²) < 4.78 is 50.2. The van der Waals surface area contributed by atoms with E-state index in [4.69, 9.17) is 14.4 Å². The summed E-state index contributed by atoms with van der Waals surface area (Å²) in [4.78, 5) is 13.6.